The average Bonchev–Trinajstić information content (AvgIpc) is 2.92. The van der Waals surface area contributed by atoms with Gasteiger partial charge in [-0.2, -0.15) is 4.31 Å². The molecule has 4 rings (SSSR count). The van der Waals surface area contributed by atoms with Gasteiger partial charge in [-0.25, -0.2) is 8.42 Å². The Morgan fingerprint density at radius 3 is 2.11 bits per heavy atom. The number of carbonyl (C=O) groups is 4. The Morgan fingerprint density at radius 1 is 0.865 bits per heavy atom. The van der Waals surface area contributed by atoms with Gasteiger partial charge in [0.25, 0.3) is 21.8 Å². The molecule has 11 heteroatoms. The van der Waals surface area contributed by atoms with E-state index in [1.807, 2.05) is 0 Å². The summed E-state index contributed by atoms with van der Waals surface area (Å²) in [5, 5.41) is 5.10. The number of nitrogens with one attached hydrogen (secondary N) is 2. The van der Waals surface area contributed by atoms with Crippen LogP contribution in [0, 0.1) is 0 Å². The maximum atomic E-state index is 13.6. The molecule has 0 bridgehead atoms. The van der Waals surface area contributed by atoms with Crippen LogP contribution in [-0.2, 0) is 19.6 Å². The van der Waals surface area contributed by atoms with Gasteiger partial charge in [0.1, 0.15) is 0 Å². The smallest absolute Gasteiger partial charge is 0.272 e. The highest BCUT2D eigenvalue weighted by Gasteiger charge is 2.32. The molecule has 1 aliphatic heterocycles. The topological polar surface area (TPSA) is 133 Å². The van der Waals surface area contributed by atoms with Crippen LogP contribution in [0.2, 0.25) is 0 Å². The Labute approximate surface area is 213 Å². The summed E-state index contributed by atoms with van der Waals surface area (Å²) >= 11 is 0. The lowest BCUT2D eigenvalue weighted by Crippen LogP contribution is -2.52. The first kappa shape index (κ1) is 25.6. The van der Waals surface area contributed by atoms with E-state index in [9.17, 15) is 27.6 Å². The predicted molar refractivity (Wildman–Crippen MR) is 135 cm³/mol. The second-order valence-electron chi connectivity index (χ2n) is 8.15. The fourth-order valence-corrected chi connectivity index (χ4v) is 5.15. The number of hydrogen-bond donors (Lipinski definition) is 2. The minimum absolute atomic E-state index is 0.0686. The van der Waals surface area contributed by atoms with Gasteiger partial charge in [-0.1, -0.05) is 36.4 Å². The van der Waals surface area contributed by atoms with Crippen molar-refractivity contribution < 1.29 is 27.6 Å². The van der Waals surface area contributed by atoms with Crippen molar-refractivity contribution in [3.8, 4) is 0 Å². The Hall–Kier alpha value is -4.51. The van der Waals surface area contributed by atoms with Crippen LogP contribution in [0.3, 0.4) is 0 Å². The first-order valence-corrected chi connectivity index (χ1v) is 12.8. The number of nitrogens with zero attached hydrogens (tertiary/aromatic N) is 2. The second-order valence-corrected chi connectivity index (χ2v) is 9.94. The molecule has 0 aliphatic carbocycles. The predicted octanol–water partition coefficient (Wildman–Crippen LogP) is 1.41. The summed E-state index contributed by atoms with van der Waals surface area (Å²) < 4.78 is 27.9. The van der Waals surface area contributed by atoms with E-state index >= 15 is 0 Å². The summed E-state index contributed by atoms with van der Waals surface area (Å²) in [6.45, 7) is 0.328. The molecule has 0 aromatic heterocycles. The molecule has 1 heterocycles. The highest BCUT2D eigenvalue weighted by atomic mass is 32.2. The summed E-state index contributed by atoms with van der Waals surface area (Å²) in [7, 11) is -4.34. The van der Waals surface area contributed by atoms with E-state index in [1.54, 1.807) is 36.4 Å². The Balaban J connectivity index is 1.52. The summed E-state index contributed by atoms with van der Waals surface area (Å²) in [6, 6.07) is 21.1. The van der Waals surface area contributed by atoms with E-state index in [4.69, 9.17) is 0 Å². The van der Waals surface area contributed by atoms with Crippen LogP contribution < -0.4 is 14.9 Å². The van der Waals surface area contributed by atoms with Gasteiger partial charge in [-0.05, 0) is 48.5 Å². The molecule has 10 nitrogen and oxygen atoms in total. The number of carbonyl (C=O) groups excluding carboxylic acids is 4. The summed E-state index contributed by atoms with van der Waals surface area (Å²) in [5.74, 6) is -1.98. The standard InChI is InChI=1S/C26H24N4O6S/c31-23-18-29(16-15-27-23)24(32)17-28-25(33)19-11-13-22(14-12-19)37(35,36)30(21-9-5-2-6-10-21)26(34)20-7-3-1-4-8-20/h1-14H,15-18H2,(H,27,31)(H,28,33). The molecule has 1 fully saturated rings. The van der Waals surface area contributed by atoms with Gasteiger partial charge >= 0.3 is 0 Å². The lowest BCUT2D eigenvalue weighted by molar-refractivity contribution is -0.137. The first-order valence-electron chi connectivity index (χ1n) is 11.4. The second kappa shape index (κ2) is 11.0. The van der Waals surface area contributed by atoms with Gasteiger partial charge in [0.15, 0.2) is 0 Å². The van der Waals surface area contributed by atoms with Crippen LogP contribution >= 0.6 is 0 Å². The minimum Gasteiger partial charge on any atom is -0.353 e. The van der Waals surface area contributed by atoms with Crippen LogP contribution in [0.25, 0.3) is 0 Å². The molecule has 0 saturated carbocycles. The van der Waals surface area contributed by atoms with E-state index in [0.717, 1.165) is 4.31 Å². The number of para-hydroxylation sites is 1. The molecule has 1 aliphatic rings. The molecule has 0 radical (unpaired) electrons. The maximum absolute atomic E-state index is 13.6. The zero-order valence-corrected chi connectivity index (χ0v) is 20.5. The molecule has 1 saturated heterocycles. The van der Waals surface area contributed by atoms with Crippen molar-refractivity contribution in [1.29, 1.82) is 0 Å². The summed E-state index contributed by atoms with van der Waals surface area (Å²) in [6.07, 6.45) is 0. The minimum atomic E-state index is -4.34. The van der Waals surface area contributed by atoms with Gasteiger partial charge in [-0.15, -0.1) is 0 Å². The van der Waals surface area contributed by atoms with Gasteiger partial charge in [0, 0.05) is 24.2 Å². The molecule has 190 valence electrons. The SMILES string of the molecule is O=C1CN(C(=O)CNC(=O)c2ccc(S(=O)(=O)N(C(=O)c3ccccc3)c3ccccc3)cc2)CCN1. The van der Waals surface area contributed by atoms with E-state index in [0.29, 0.717) is 13.1 Å². The number of piperazine rings is 1. The van der Waals surface area contributed by atoms with Crippen LogP contribution in [0.4, 0.5) is 5.69 Å². The molecule has 0 unspecified atom stereocenters. The molecule has 3 aromatic carbocycles. The summed E-state index contributed by atoms with van der Waals surface area (Å²) in [4.78, 5) is 50.7. The highest BCUT2D eigenvalue weighted by Crippen LogP contribution is 2.26. The average molecular weight is 521 g/mol. The number of anilines is 1. The summed E-state index contributed by atoms with van der Waals surface area (Å²) in [5.41, 5.74) is 0.494. The number of sulfonamides is 1. The molecule has 37 heavy (non-hydrogen) atoms. The van der Waals surface area contributed by atoms with Gasteiger partial charge in [0.2, 0.25) is 11.8 Å². The molecular formula is C26H24N4O6S. The number of hydrogen-bond acceptors (Lipinski definition) is 6. The Bertz CT molecular complexity index is 1410. The van der Waals surface area contributed by atoms with E-state index in [-0.39, 0.29) is 40.7 Å². The van der Waals surface area contributed by atoms with Gasteiger partial charge < -0.3 is 15.5 Å². The van der Waals surface area contributed by atoms with Crippen molar-refractivity contribution in [2.75, 3.05) is 30.5 Å². The van der Waals surface area contributed by atoms with Crippen LogP contribution in [0.15, 0.2) is 89.8 Å². The van der Waals surface area contributed by atoms with Crippen molar-refractivity contribution in [2.24, 2.45) is 0 Å². The van der Waals surface area contributed by atoms with Crippen molar-refractivity contribution in [3.05, 3.63) is 96.1 Å². The monoisotopic (exact) mass is 520 g/mol. The van der Waals surface area contributed by atoms with Crippen LogP contribution in [-0.4, -0.2) is 63.1 Å². The highest BCUT2D eigenvalue weighted by molar-refractivity contribution is 7.93. The zero-order valence-electron chi connectivity index (χ0n) is 19.7. The molecular weight excluding hydrogens is 496 g/mol. The number of amides is 4. The zero-order chi connectivity index (χ0) is 26.4. The van der Waals surface area contributed by atoms with Crippen molar-refractivity contribution in [3.63, 3.8) is 0 Å². The lowest BCUT2D eigenvalue weighted by Gasteiger charge is -2.26. The van der Waals surface area contributed by atoms with Gasteiger partial charge in [-0.3, -0.25) is 19.2 Å². The van der Waals surface area contributed by atoms with E-state index in [2.05, 4.69) is 10.6 Å². The third kappa shape index (κ3) is 5.84. The van der Waals surface area contributed by atoms with E-state index in [1.165, 1.54) is 53.4 Å². The number of benzene rings is 3. The van der Waals surface area contributed by atoms with E-state index < -0.39 is 27.7 Å². The molecule has 4 amide bonds. The Kier molecular flexibility index (Phi) is 7.63. The van der Waals surface area contributed by atoms with Gasteiger partial charge in [0.05, 0.1) is 23.7 Å². The lowest BCUT2D eigenvalue weighted by atomic mass is 10.2. The molecule has 0 spiro atoms. The maximum Gasteiger partial charge on any atom is 0.272 e. The molecule has 2 N–H and O–H groups in total. The molecule has 3 aromatic rings. The first-order chi connectivity index (χ1) is 17.8. The fraction of sp³-hybridized carbons (Fsp3) is 0.154. The van der Waals surface area contributed by atoms with Crippen molar-refractivity contribution in [2.45, 2.75) is 4.90 Å². The normalized spacial score (nSPS) is 13.4. The third-order valence-corrected chi connectivity index (χ3v) is 7.37. The fourth-order valence-electron chi connectivity index (χ4n) is 3.73. The quantitative estimate of drug-likeness (QED) is 0.484. The molecule has 0 atom stereocenters. The van der Waals surface area contributed by atoms with Crippen LogP contribution in [0.1, 0.15) is 20.7 Å². The van der Waals surface area contributed by atoms with Crippen LogP contribution in [0.5, 0.6) is 0 Å². The largest absolute Gasteiger partial charge is 0.353 e. The van der Waals surface area contributed by atoms with Crippen molar-refractivity contribution >= 4 is 39.3 Å². The van der Waals surface area contributed by atoms with Crippen molar-refractivity contribution in [1.82, 2.24) is 15.5 Å². The third-order valence-electron chi connectivity index (χ3n) is 5.64. The number of rotatable bonds is 7. The Morgan fingerprint density at radius 2 is 1.49 bits per heavy atom.